The molecule has 2 aromatic carbocycles. The minimum atomic E-state index is -2.10. The molecule has 2 aromatic rings. The van der Waals surface area contributed by atoms with Gasteiger partial charge in [0.2, 0.25) is 0 Å². The summed E-state index contributed by atoms with van der Waals surface area (Å²) in [4.78, 5) is 24.3. The quantitative estimate of drug-likeness (QED) is 0.403. The third-order valence-electron chi connectivity index (χ3n) is 3.19. The van der Waals surface area contributed by atoms with Gasteiger partial charge in [-0.25, -0.2) is 0 Å². The summed E-state index contributed by atoms with van der Waals surface area (Å²) in [6, 6.07) is 14.6. The van der Waals surface area contributed by atoms with Crippen LogP contribution in [-0.4, -0.2) is 11.9 Å². The summed E-state index contributed by atoms with van der Waals surface area (Å²) in [6.07, 6.45) is 0. The molecule has 0 N–H and O–H groups in total. The topological polar surface area (TPSA) is 52.6 Å². The number of carbonyl (C=O) groups is 2. The van der Waals surface area contributed by atoms with Crippen molar-refractivity contribution in [2.45, 2.75) is 0 Å². The second kappa shape index (κ2) is 6.35. The molecule has 0 saturated carbocycles. The number of fused-ring (bicyclic) bond motifs is 2. The van der Waals surface area contributed by atoms with Crippen LogP contribution in [0.15, 0.2) is 48.5 Å². The summed E-state index contributed by atoms with van der Waals surface area (Å²) >= 11 is -4.20. The van der Waals surface area contributed by atoms with Crippen molar-refractivity contribution < 1.29 is 64.9 Å². The predicted molar refractivity (Wildman–Crippen MR) is 63.0 cm³/mol. The Kier molecular flexibility index (Phi) is 4.51. The number of benzene rings is 2. The zero-order valence-corrected chi connectivity index (χ0v) is 21.7. The van der Waals surface area contributed by atoms with Gasteiger partial charge < -0.3 is 0 Å². The summed E-state index contributed by atoms with van der Waals surface area (Å²) in [6.45, 7) is 0. The molecule has 20 heavy (non-hydrogen) atoms. The molecule has 3 rings (SSSR count). The van der Waals surface area contributed by atoms with E-state index in [-0.39, 0.29) is 11.9 Å². The van der Waals surface area contributed by atoms with Crippen LogP contribution >= 0.6 is 0 Å². The molecular weight excluding hydrogens is 633 g/mol. The summed E-state index contributed by atoms with van der Waals surface area (Å²) in [5.74, 6) is -0.509. The zero-order valence-electron chi connectivity index (χ0n) is 10.7. The number of rotatable bonds is 0. The van der Waals surface area contributed by atoms with Crippen LogP contribution in [0.25, 0.3) is 0 Å². The van der Waals surface area contributed by atoms with E-state index in [1.165, 1.54) is 0 Å². The maximum absolute atomic E-state index is 12.1. The Balaban J connectivity index is 2.00. The van der Waals surface area contributed by atoms with E-state index >= 15 is 0 Å². The Morgan fingerprint density at radius 1 is 0.650 bits per heavy atom. The molecule has 4 nitrogen and oxygen atoms in total. The molecule has 0 bridgehead atoms. The van der Waals surface area contributed by atoms with E-state index in [0.717, 1.165) is 6.14 Å². The predicted octanol–water partition coefficient (Wildman–Crippen LogP) is 0.960. The minimum absolute atomic E-state index is 0.255. The Morgan fingerprint density at radius 2 is 1.05 bits per heavy atom. The van der Waals surface area contributed by atoms with E-state index in [1.54, 1.807) is 12.1 Å². The van der Waals surface area contributed by atoms with Gasteiger partial charge in [0, 0.05) is 0 Å². The van der Waals surface area contributed by atoms with Gasteiger partial charge in [0.25, 0.3) is 0 Å². The van der Waals surface area contributed by atoms with Crippen molar-refractivity contribution in [3.05, 3.63) is 59.7 Å². The molecule has 0 radical (unpaired) electrons. The Bertz CT molecular complexity index is 625. The van der Waals surface area contributed by atoms with Crippen molar-refractivity contribution in [3.63, 3.8) is 0 Å². The number of hydrogen-bond acceptors (Lipinski definition) is 4. The van der Waals surface area contributed by atoms with Gasteiger partial charge in [-0.2, -0.15) is 0 Å². The molecule has 0 atom stereocenters. The van der Waals surface area contributed by atoms with Gasteiger partial charge in [0.15, 0.2) is 0 Å². The molecule has 0 saturated heterocycles. The summed E-state index contributed by atoms with van der Waals surface area (Å²) < 4.78 is 12.9. The zero-order chi connectivity index (χ0) is 13.9. The molecule has 1 aliphatic rings. The maximum atomic E-state index is 12.1. The Hall–Kier alpha value is -0.750. The number of hydrogen-bond donors (Lipinski definition) is 0. The van der Waals surface area contributed by atoms with E-state index < -0.39 is 50.1 Å². The van der Waals surface area contributed by atoms with Gasteiger partial charge in [-0.3, -0.25) is 0 Å². The number of carbonyl (C=O) groups excluding carboxylic acids is 2. The molecule has 0 unspecified atom stereocenters. The second-order valence-electron chi connectivity index (χ2n) is 4.47. The van der Waals surface area contributed by atoms with Crippen molar-refractivity contribution in [1.29, 1.82) is 0 Å². The molecule has 6 heteroatoms. The van der Waals surface area contributed by atoms with E-state index in [1.807, 2.05) is 36.4 Å². The van der Waals surface area contributed by atoms with Gasteiger partial charge in [0.1, 0.15) is 0 Å². The first-order valence-corrected chi connectivity index (χ1v) is 16.2. The Labute approximate surface area is 141 Å². The van der Waals surface area contributed by atoms with Crippen LogP contribution in [0.4, 0.5) is 0 Å². The molecule has 0 fully saturated rings. The van der Waals surface area contributed by atoms with Crippen molar-refractivity contribution in [2.24, 2.45) is 0 Å². The normalized spacial score (nSPS) is 13.0. The van der Waals surface area contributed by atoms with Gasteiger partial charge >= 0.3 is 143 Å². The third kappa shape index (κ3) is 2.96. The SMILES string of the molecule is O=C1[O][Hg][c]2ccccc2C(=O)[O][Hg][c]2ccccc21. The van der Waals surface area contributed by atoms with Crippen molar-refractivity contribution in [3.8, 4) is 0 Å². The first kappa shape index (κ1) is 14.2. The fraction of sp³-hybridized carbons (Fsp3) is 0. The molecule has 0 spiro atoms. The van der Waals surface area contributed by atoms with Crippen LogP contribution in [-0.2, 0) is 55.4 Å². The van der Waals surface area contributed by atoms with Crippen LogP contribution in [0, 0.1) is 0 Å². The molecule has 92 valence electrons. The summed E-state index contributed by atoms with van der Waals surface area (Å²) in [5.41, 5.74) is 1.17. The van der Waals surface area contributed by atoms with E-state index in [2.05, 4.69) is 0 Å². The molecular formula is C14H8Hg2O4. The summed E-state index contributed by atoms with van der Waals surface area (Å²) in [7, 11) is 0. The van der Waals surface area contributed by atoms with Crippen LogP contribution in [0.1, 0.15) is 20.7 Å². The molecule has 1 aliphatic heterocycles. The van der Waals surface area contributed by atoms with Crippen molar-refractivity contribution >= 4 is 18.1 Å². The van der Waals surface area contributed by atoms with Crippen LogP contribution in [0.5, 0.6) is 0 Å². The van der Waals surface area contributed by atoms with Gasteiger partial charge in [0.05, 0.1) is 0 Å². The van der Waals surface area contributed by atoms with Crippen LogP contribution < -0.4 is 6.14 Å². The average Bonchev–Trinajstić information content (AvgIpc) is 2.50. The van der Waals surface area contributed by atoms with E-state index in [9.17, 15) is 9.59 Å². The monoisotopic (exact) mass is 644 g/mol. The first-order valence-electron chi connectivity index (χ1n) is 6.26. The average molecular weight is 641 g/mol. The molecule has 1 heterocycles. The van der Waals surface area contributed by atoms with E-state index in [4.69, 9.17) is 5.29 Å². The van der Waals surface area contributed by atoms with Gasteiger partial charge in [-0.1, -0.05) is 0 Å². The van der Waals surface area contributed by atoms with Crippen molar-refractivity contribution in [1.82, 2.24) is 0 Å². The van der Waals surface area contributed by atoms with Crippen LogP contribution in [0.3, 0.4) is 0 Å². The summed E-state index contributed by atoms with van der Waals surface area (Å²) in [5, 5.41) is 0. The third-order valence-corrected chi connectivity index (χ3v) is 13.6. The first-order chi connectivity index (χ1) is 9.75. The van der Waals surface area contributed by atoms with Gasteiger partial charge in [-0.05, 0) is 0 Å². The molecule has 0 aromatic heterocycles. The second-order valence-corrected chi connectivity index (χ2v) is 14.9. The van der Waals surface area contributed by atoms with E-state index in [0.29, 0.717) is 11.1 Å². The molecule has 0 aliphatic carbocycles. The van der Waals surface area contributed by atoms with Gasteiger partial charge in [-0.15, -0.1) is 0 Å². The molecule has 0 amide bonds. The standard InChI is InChI=1S/2C7H5O2.2Hg/c2*8-7(9)6-4-2-1-3-5-6;;/h2*1-4H,(H,8,9);;/q;;2*+1/p-2. The fourth-order valence-corrected chi connectivity index (χ4v) is 10.6. The van der Waals surface area contributed by atoms with Crippen molar-refractivity contribution in [2.75, 3.05) is 0 Å². The fourth-order valence-electron chi connectivity index (χ4n) is 2.13. The Morgan fingerprint density at radius 3 is 1.50 bits per heavy atom. The van der Waals surface area contributed by atoms with Crippen LogP contribution in [0.2, 0.25) is 0 Å².